The second-order valence-corrected chi connectivity index (χ2v) is 11.0. The summed E-state index contributed by atoms with van der Waals surface area (Å²) in [6, 6.07) is 6.59. The lowest BCUT2D eigenvalue weighted by atomic mass is 10.1. The zero-order chi connectivity index (χ0) is 34.2. The number of hydrogen-bond donors (Lipinski definition) is 2. The number of nitrogens with one attached hydrogen (secondary N) is 2. The Labute approximate surface area is 277 Å². The average molecular weight is 655 g/mol. The molecule has 0 atom stereocenters. The first kappa shape index (κ1) is 33.8. The molecule has 0 amide bonds. The number of nitrogens with zero attached hydrogens (tertiary/aromatic N) is 2. The minimum absolute atomic E-state index is 0.0595. The first-order valence-corrected chi connectivity index (χ1v) is 16.2. The first-order chi connectivity index (χ1) is 23.3. The van der Waals surface area contributed by atoms with Crippen LogP contribution in [0.2, 0.25) is 0 Å². The molecule has 0 unspecified atom stereocenters. The fourth-order valence-electron chi connectivity index (χ4n) is 5.13. The van der Waals surface area contributed by atoms with E-state index in [-0.39, 0.29) is 71.5 Å². The van der Waals surface area contributed by atoms with Crippen LogP contribution in [0.25, 0.3) is 46.4 Å². The quantitative estimate of drug-likeness (QED) is 0.107. The molecule has 0 aliphatic carbocycles. The maximum absolute atomic E-state index is 13.5. The molecular weight excluding hydrogens is 616 g/mol. The number of rotatable bonds is 12. The zero-order valence-electron chi connectivity index (χ0n) is 27.4. The highest BCUT2D eigenvalue weighted by Crippen LogP contribution is 2.29. The number of aromatic amines is 2. The van der Waals surface area contributed by atoms with Gasteiger partial charge in [-0.05, 0) is 74.3 Å². The summed E-state index contributed by atoms with van der Waals surface area (Å²) in [4.78, 5) is 69.8. The molecule has 2 aliphatic heterocycles. The highest BCUT2D eigenvalue weighted by atomic mass is 16.5. The van der Waals surface area contributed by atoms with Crippen molar-refractivity contribution >= 4 is 70.2 Å². The molecule has 0 spiro atoms. The molecule has 3 aromatic heterocycles. The van der Waals surface area contributed by atoms with E-state index in [1.54, 1.807) is 48.6 Å². The molecule has 250 valence electrons. The van der Waals surface area contributed by atoms with E-state index < -0.39 is 23.9 Å². The van der Waals surface area contributed by atoms with Gasteiger partial charge >= 0.3 is 23.9 Å². The van der Waals surface area contributed by atoms with Crippen molar-refractivity contribution in [3.05, 3.63) is 69.3 Å². The van der Waals surface area contributed by atoms with Crippen LogP contribution in [0.3, 0.4) is 0 Å². The number of esters is 4. The monoisotopic (exact) mass is 654 g/mol. The van der Waals surface area contributed by atoms with Crippen LogP contribution in [0, 0.1) is 0 Å². The van der Waals surface area contributed by atoms with E-state index in [2.05, 4.69) is 9.97 Å². The van der Waals surface area contributed by atoms with Crippen LogP contribution >= 0.6 is 0 Å². The number of ether oxygens (including phenoxy) is 4. The topological polar surface area (TPSA) is 163 Å². The van der Waals surface area contributed by atoms with E-state index in [1.807, 2.05) is 27.7 Å². The van der Waals surface area contributed by atoms with E-state index in [9.17, 15) is 19.2 Å². The summed E-state index contributed by atoms with van der Waals surface area (Å²) >= 11 is 0. The summed E-state index contributed by atoms with van der Waals surface area (Å²) < 4.78 is 22.1. The van der Waals surface area contributed by atoms with E-state index >= 15 is 0 Å². The van der Waals surface area contributed by atoms with E-state index in [0.717, 1.165) is 0 Å². The molecule has 12 nitrogen and oxygen atoms in total. The molecule has 5 heterocycles. The summed E-state index contributed by atoms with van der Waals surface area (Å²) in [5.74, 6) is -2.55. The lowest BCUT2D eigenvalue weighted by molar-refractivity contribution is 0.0496. The highest BCUT2D eigenvalue weighted by Gasteiger charge is 2.26. The SMILES string of the molecule is CCCOC(=O)c1c2nc(c(C(=O)OCCC)c3ccc([nH]3)c(C(=O)OCCC)c3ccc([nH]3)c(C(=O)OCCC)c3nc1C=C3)C=C2. The number of hydrogen-bond acceptors (Lipinski definition) is 10. The van der Waals surface area contributed by atoms with Gasteiger partial charge in [0.1, 0.15) is 22.3 Å². The van der Waals surface area contributed by atoms with Crippen molar-refractivity contribution < 1.29 is 38.1 Å². The number of fused-ring (bicyclic) bond motifs is 8. The first-order valence-electron chi connectivity index (χ1n) is 16.2. The predicted molar refractivity (Wildman–Crippen MR) is 181 cm³/mol. The number of aromatic nitrogens is 4. The Hall–Kier alpha value is -5.52. The van der Waals surface area contributed by atoms with Gasteiger partial charge in [0.2, 0.25) is 0 Å². The van der Waals surface area contributed by atoms with Crippen molar-refractivity contribution in [3.63, 3.8) is 0 Å². The molecule has 2 aliphatic rings. The van der Waals surface area contributed by atoms with Gasteiger partial charge in [-0.3, -0.25) is 0 Å². The van der Waals surface area contributed by atoms with Crippen LogP contribution in [0.4, 0.5) is 0 Å². The maximum atomic E-state index is 13.5. The molecule has 0 fully saturated rings. The van der Waals surface area contributed by atoms with Crippen LogP contribution in [0.15, 0.2) is 24.3 Å². The van der Waals surface area contributed by atoms with E-state index in [4.69, 9.17) is 28.9 Å². The van der Waals surface area contributed by atoms with Crippen LogP contribution in [0.5, 0.6) is 0 Å². The molecule has 48 heavy (non-hydrogen) atoms. The normalized spacial score (nSPS) is 11.8. The summed E-state index contributed by atoms with van der Waals surface area (Å²) in [6.07, 6.45) is 8.79. The third-order valence-electron chi connectivity index (χ3n) is 7.32. The Bertz CT molecular complexity index is 1850. The van der Waals surface area contributed by atoms with Crippen molar-refractivity contribution in [2.45, 2.75) is 53.4 Å². The summed E-state index contributed by atoms with van der Waals surface area (Å²) in [5.41, 5.74) is 2.65. The smallest absolute Gasteiger partial charge is 0.342 e. The van der Waals surface area contributed by atoms with Gasteiger partial charge in [0, 0.05) is 0 Å². The van der Waals surface area contributed by atoms with Crippen molar-refractivity contribution in [3.8, 4) is 0 Å². The lowest BCUT2D eigenvalue weighted by Gasteiger charge is -2.06. The summed E-state index contributed by atoms with van der Waals surface area (Å²) in [5, 5.41) is 0. The number of carbonyl (C=O) groups is 4. The molecule has 0 radical (unpaired) electrons. The van der Waals surface area contributed by atoms with Crippen molar-refractivity contribution in [2.24, 2.45) is 0 Å². The van der Waals surface area contributed by atoms with Crippen LogP contribution in [-0.4, -0.2) is 70.2 Å². The Morgan fingerprint density at radius 2 is 0.729 bits per heavy atom. The number of carbonyl (C=O) groups excluding carboxylic acids is 4. The fraction of sp³-hybridized carbons (Fsp3) is 0.333. The molecule has 8 bridgehead atoms. The predicted octanol–water partition coefficient (Wildman–Crippen LogP) is 6.92. The van der Waals surface area contributed by atoms with Gasteiger partial charge in [-0.15, -0.1) is 0 Å². The second kappa shape index (κ2) is 15.4. The summed E-state index contributed by atoms with van der Waals surface area (Å²) in [7, 11) is 0. The molecule has 0 saturated heterocycles. The molecule has 2 N–H and O–H groups in total. The molecule has 0 aromatic carbocycles. The number of H-pyrrole nitrogens is 2. The Balaban J connectivity index is 1.94. The summed E-state index contributed by atoms with van der Waals surface area (Å²) in [6.45, 7) is 8.23. The molecule has 3 aromatic rings. The molecular formula is C36H38N4O8. The van der Waals surface area contributed by atoms with Gasteiger partial charge in [0.15, 0.2) is 0 Å². The Kier molecular flexibility index (Phi) is 10.8. The van der Waals surface area contributed by atoms with Crippen LogP contribution in [-0.2, 0) is 18.9 Å². The lowest BCUT2D eigenvalue weighted by Crippen LogP contribution is -2.11. The van der Waals surface area contributed by atoms with Gasteiger partial charge in [0.05, 0.1) is 71.3 Å². The fourth-order valence-corrected chi connectivity index (χ4v) is 5.13. The molecule has 0 saturated carbocycles. The largest absolute Gasteiger partial charge is 0.462 e. The standard InChI is InChI=1S/C36H38N4O8/c1-5-17-45-33(41)29-21-9-11-23(37-21)30(34(42)46-18-6-2)25-13-15-27(39-25)32(36(44)48-20-8-4)28-16-14-26(40-28)31(35(43)47-19-7-3)24-12-10-22(29)38-24/h9-16,37-38H,5-8,17-20H2,1-4H3. The van der Waals surface area contributed by atoms with Gasteiger partial charge in [0.25, 0.3) is 0 Å². The van der Waals surface area contributed by atoms with Crippen LogP contribution < -0.4 is 0 Å². The van der Waals surface area contributed by atoms with Gasteiger partial charge in [-0.1, -0.05) is 27.7 Å². The van der Waals surface area contributed by atoms with Crippen molar-refractivity contribution in [1.82, 2.24) is 19.9 Å². The van der Waals surface area contributed by atoms with Gasteiger partial charge < -0.3 is 28.9 Å². The van der Waals surface area contributed by atoms with E-state index in [0.29, 0.717) is 47.8 Å². The van der Waals surface area contributed by atoms with Crippen LogP contribution in [0.1, 0.15) is 118 Å². The Morgan fingerprint density at radius 3 is 1.06 bits per heavy atom. The van der Waals surface area contributed by atoms with Gasteiger partial charge in [-0.2, -0.15) is 0 Å². The Morgan fingerprint density at radius 1 is 0.458 bits per heavy atom. The third-order valence-corrected chi connectivity index (χ3v) is 7.32. The highest BCUT2D eigenvalue weighted by molar-refractivity contribution is 6.08. The molecule has 12 heteroatoms. The third kappa shape index (κ3) is 7.07. The molecule has 5 rings (SSSR count). The van der Waals surface area contributed by atoms with Crippen molar-refractivity contribution in [2.75, 3.05) is 26.4 Å². The zero-order valence-corrected chi connectivity index (χ0v) is 27.4. The minimum Gasteiger partial charge on any atom is -0.462 e. The van der Waals surface area contributed by atoms with E-state index in [1.165, 1.54) is 0 Å². The van der Waals surface area contributed by atoms with Gasteiger partial charge in [-0.25, -0.2) is 29.1 Å². The van der Waals surface area contributed by atoms with Crippen molar-refractivity contribution in [1.29, 1.82) is 0 Å². The second-order valence-electron chi connectivity index (χ2n) is 11.0. The maximum Gasteiger partial charge on any atom is 0.342 e. The minimum atomic E-state index is -0.661. The average Bonchev–Trinajstić information content (AvgIpc) is 3.91.